The number of halogens is 1. The highest BCUT2D eigenvalue weighted by Gasteiger charge is 2.11. The fraction of sp³-hybridized carbons (Fsp3) is 0.0769. The second kappa shape index (κ2) is 4.47. The molecule has 6 heteroatoms. The zero-order valence-corrected chi connectivity index (χ0v) is 10.5. The van der Waals surface area contributed by atoms with Gasteiger partial charge in [0.1, 0.15) is 5.82 Å². The van der Waals surface area contributed by atoms with Crippen molar-refractivity contribution in [3.8, 4) is 0 Å². The van der Waals surface area contributed by atoms with E-state index in [1.807, 2.05) is 17.5 Å². The molecule has 0 aliphatic carbocycles. The van der Waals surface area contributed by atoms with Gasteiger partial charge in [-0.3, -0.25) is 9.36 Å². The Morgan fingerprint density at radius 2 is 2.05 bits per heavy atom. The van der Waals surface area contributed by atoms with Gasteiger partial charge in [-0.05, 0) is 23.6 Å². The molecule has 0 aliphatic rings. The van der Waals surface area contributed by atoms with Crippen LogP contribution in [0.3, 0.4) is 0 Å². The summed E-state index contributed by atoms with van der Waals surface area (Å²) in [5.41, 5.74) is -0.917. The fourth-order valence-electron chi connectivity index (χ4n) is 1.96. The third-order valence-corrected chi connectivity index (χ3v) is 3.71. The Morgan fingerprint density at radius 1 is 1.21 bits per heavy atom. The van der Waals surface area contributed by atoms with Crippen molar-refractivity contribution in [2.45, 2.75) is 6.54 Å². The Labute approximate surface area is 110 Å². The largest absolute Gasteiger partial charge is 0.329 e. The molecule has 19 heavy (non-hydrogen) atoms. The Kier molecular flexibility index (Phi) is 2.79. The summed E-state index contributed by atoms with van der Waals surface area (Å²) >= 11 is 1.44. The molecule has 0 saturated carbocycles. The number of H-pyrrole nitrogens is 1. The second-order valence-electron chi connectivity index (χ2n) is 4.06. The van der Waals surface area contributed by atoms with Crippen molar-refractivity contribution in [1.29, 1.82) is 0 Å². The van der Waals surface area contributed by atoms with Crippen LogP contribution in [0.2, 0.25) is 0 Å². The van der Waals surface area contributed by atoms with E-state index in [-0.39, 0.29) is 17.4 Å². The molecular weight excluding hydrogens is 267 g/mol. The molecule has 1 aromatic carbocycles. The summed E-state index contributed by atoms with van der Waals surface area (Å²) in [5.74, 6) is -0.626. The molecule has 0 saturated heterocycles. The smallest absolute Gasteiger partial charge is 0.307 e. The number of hydrogen-bond acceptors (Lipinski definition) is 3. The van der Waals surface area contributed by atoms with Crippen LogP contribution < -0.4 is 11.2 Å². The van der Waals surface area contributed by atoms with Crippen molar-refractivity contribution in [2.75, 3.05) is 0 Å². The molecule has 0 amide bonds. The van der Waals surface area contributed by atoms with Gasteiger partial charge in [0.15, 0.2) is 0 Å². The Balaban J connectivity index is 2.28. The highest BCUT2D eigenvalue weighted by molar-refractivity contribution is 7.09. The van der Waals surface area contributed by atoms with Gasteiger partial charge in [0.2, 0.25) is 0 Å². The summed E-state index contributed by atoms with van der Waals surface area (Å²) in [4.78, 5) is 27.5. The normalized spacial score (nSPS) is 11.0. The second-order valence-corrected chi connectivity index (χ2v) is 5.10. The summed E-state index contributed by atoms with van der Waals surface area (Å²) in [7, 11) is 0. The molecule has 0 fully saturated rings. The average Bonchev–Trinajstić information content (AvgIpc) is 2.87. The van der Waals surface area contributed by atoms with Crippen LogP contribution in [0.4, 0.5) is 4.39 Å². The van der Waals surface area contributed by atoms with E-state index in [2.05, 4.69) is 4.98 Å². The Morgan fingerprint density at radius 3 is 2.79 bits per heavy atom. The predicted octanol–water partition coefficient (Wildman–Crippen LogP) is 1.94. The highest BCUT2D eigenvalue weighted by Crippen LogP contribution is 2.11. The maximum absolute atomic E-state index is 13.7. The molecule has 2 heterocycles. The van der Waals surface area contributed by atoms with E-state index < -0.39 is 17.1 Å². The van der Waals surface area contributed by atoms with Gasteiger partial charge in [0.05, 0.1) is 17.4 Å². The van der Waals surface area contributed by atoms with Crippen molar-refractivity contribution in [3.63, 3.8) is 0 Å². The van der Waals surface area contributed by atoms with Gasteiger partial charge in [0.25, 0.3) is 5.56 Å². The van der Waals surface area contributed by atoms with Gasteiger partial charge in [-0.15, -0.1) is 11.3 Å². The number of rotatable bonds is 2. The quantitative estimate of drug-likeness (QED) is 0.777. The van der Waals surface area contributed by atoms with E-state index in [9.17, 15) is 14.0 Å². The standard InChI is InChI=1S/C13H9FN2O2S/c14-9-4-1-5-10-11(9)12(17)16(13(18)15-10)7-8-3-2-6-19-8/h1-6H,7H2,(H,15,18). The van der Waals surface area contributed by atoms with E-state index in [0.29, 0.717) is 0 Å². The van der Waals surface area contributed by atoms with Gasteiger partial charge in [-0.1, -0.05) is 12.1 Å². The van der Waals surface area contributed by atoms with Gasteiger partial charge < -0.3 is 4.98 Å². The first-order valence-electron chi connectivity index (χ1n) is 5.60. The number of aromatic amines is 1. The molecule has 1 N–H and O–H groups in total. The first-order chi connectivity index (χ1) is 9.16. The molecule has 3 rings (SSSR count). The summed E-state index contributed by atoms with van der Waals surface area (Å²) in [5, 5.41) is 1.77. The summed E-state index contributed by atoms with van der Waals surface area (Å²) < 4.78 is 14.7. The first-order valence-corrected chi connectivity index (χ1v) is 6.48. The van der Waals surface area contributed by atoms with Crippen molar-refractivity contribution >= 4 is 22.2 Å². The third-order valence-electron chi connectivity index (χ3n) is 2.85. The topological polar surface area (TPSA) is 54.9 Å². The maximum Gasteiger partial charge on any atom is 0.329 e. The summed E-state index contributed by atoms with van der Waals surface area (Å²) in [6.07, 6.45) is 0. The number of nitrogens with zero attached hydrogens (tertiary/aromatic N) is 1. The number of fused-ring (bicyclic) bond motifs is 1. The minimum Gasteiger partial charge on any atom is -0.307 e. The summed E-state index contributed by atoms with van der Waals surface area (Å²) in [6.45, 7) is 0.149. The predicted molar refractivity (Wildman–Crippen MR) is 72.2 cm³/mol. The minimum atomic E-state index is -0.626. The molecule has 0 atom stereocenters. The van der Waals surface area contributed by atoms with Crippen molar-refractivity contribution in [1.82, 2.24) is 9.55 Å². The molecule has 96 valence electrons. The van der Waals surface area contributed by atoms with E-state index in [0.717, 1.165) is 9.44 Å². The zero-order chi connectivity index (χ0) is 13.4. The van der Waals surface area contributed by atoms with E-state index in [4.69, 9.17) is 0 Å². The third kappa shape index (κ3) is 2.00. The zero-order valence-electron chi connectivity index (χ0n) is 9.72. The molecule has 0 radical (unpaired) electrons. The van der Waals surface area contributed by atoms with Crippen LogP contribution in [-0.4, -0.2) is 9.55 Å². The fourth-order valence-corrected chi connectivity index (χ4v) is 2.65. The molecule has 0 spiro atoms. The summed E-state index contributed by atoms with van der Waals surface area (Å²) in [6, 6.07) is 7.83. The monoisotopic (exact) mass is 276 g/mol. The number of nitrogens with one attached hydrogen (secondary N) is 1. The molecule has 0 aliphatic heterocycles. The van der Waals surface area contributed by atoms with Gasteiger partial charge >= 0.3 is 5.69 Å². The van der Waals surface area contributed by atoms with E-state index in [1.54, 1.807) is 0 Å². The Hall–Kier alpha value is -2.21. The van der Waals surface area contributed by atoms with E-state index in [1.165, 1.54) is 29.5 Å². The van der Waals surface area contributed by atoms with Crippen LogP contribution in [-0.2, 0) is 6.54 Å². The van der Waals surface area contributed by atoms with Crippen LogP contribution in [0, 0.1) is 5.82 Å². The van der Waals surface area contributed by atoms with Gasteiger partial charge in [-0.25, -0.2) is 9.18 Å². The number of benzene rings is 1. The lowest BCUT2D eigenvalue weighted by Gasteiger charge is -2.05. The van der Waals surface area contributed by atoms with Gasteiger partial charge in [0, 0.05) is 4.88 Å². The molecular formula is C13H9FN2O2S. The van der Waals surface area contributed by atoms with Crippen molar-refractivity contribution < 1.29 is 4.39 Å². The lowest BCUT2D eigenvalue weighted by molar-refractivity contribution is 0.632. The van der Waals surface area contributed by atoms with Crippen LogP contribution in [0.1, 0.15) is 4.88 Å². The van der Waals surface area contributed by atoms with Crippen LogP contribution >= 0.6 is 11.3 Å². The Bertz CT molecular complexity index is 849. The number of hydrogen-bond donors (Lipinski definition) is 1. The SMILES string of the molecule is O=c1[nH]c2cccc(F)c2c(=O)n1Cc1cccs1. The molecule has 0 unspecified atom stereocenters. The first kappa shape index (κ1) is 11.9. The average molecular weight is 276 g/mol. The van der Waals surface area contributed by atoms with Gasteiger partial charge in [-0.2, -0.15) is 0 Å². The van der Waals surface area contributed by atoms with Crippen LogP contribution in [0.15, 0.2) is 45.3 Å². The van der Waals surface area contributed by atoms with Crippen molar-refractivity contribution in [2.24, 2.45) is 0 Å². The lowest BCUT2D eigenvalue weighted by Crippen LogP contribution is -2.35. The molecule has 2 aromatic heterocycles. The van der Waals surface area contributed by atoms with E-state index >= 15 is 0 Å². The van der Waals surface area contributed by atoms with Crippen LogP contribution in [0.5, 0.6) is 0 Å². The minimum absolute atomic E-state index is 0.0846. The highest BCUT2D eigenvalue weighted by atomic mass is 32.1. The number of thiophene rings is 1. The number of aromatic nitrogens is 2. The van der Waals surface area contributed by atoms with Crippen LogP contribution in [0.25, 0.3) is 10.9 Å². The lowest BCUT2D eigenvalue weighted by atomic mass is 10.2. The van der Waals surface area contributed by atoms with Crippen molar-refractivity contribution in [3.05, 3.63) is 67.2 Å². The maximum atomic E-state index is 13.7. The molecule has 3 aromatic rings. The molecule has 4 nitrogen and oxygen atoms in total. The molecule has 0 bridgehead atoms.